The zero-order valence-electron chi connectivity index (χ0n) is 16.3. The molecule has 9 nitrogen and oxygen atoms in total. The van der Waals surface area contributed by atoms with E-state index in [0.717, 1.165) is 0 Å². The fourth-order valence-corrected chi connectivity index (χ4v) is 5.30. The highest BCUT2D eigenvalue weighted by Crippen LogP contribution is 2.34. The number of nitrogens with one attached hydrogen (secondary N) is 2. The van der Waals surface area contributed by atoms with E-state index in [4.69, 9.17) is 9.47 Å². The van der Waals surface area contributed by atoms with E-state index in [9.17, 15) is 18.0 Å². The number of hydrogen-bond acceptors (Lipinski definition) is 6. The van der Waals surface area contributed by atoms with E-state index in [0.29, 0.717) is 35.7 Å². The van der Waals surface area contributed by atoms with E-state index < -0.39 is 22.0 Å². The third kappa shape index (κ3) is 3.71. The molecule has 0 spiro atoms. The highest BCUT2D eigenvalue weighted by molar-refractivity contribution is 7.89. The molecule has 2 aliphatic heterocycles. The van der Waals surface area contributed by atoms with Crippen LogP contribution in [0.3, 0.4) is 0 Å². The van der Waals surface area contributed by atoms with Crippen molar-refractivity contribution < 1.29 is 27.5 Å². The molecule has 0 aliphatic carbocycles. The first kappa shape index (κ1) is 20.2. The highest BCUT2D eigenvalue weighted by Gasteiger charge is 2.40. The Hall–Kier alpha value is -3.11. The molecule has 2 amide bonds. The third-order valence-corrected chi connectivity index (χ3v) is 6.97. The molecule has 2 aromatic rings. The fraction of sp³-hybridized carbons (Fsp3) is 0.300. The predicted octanol–water partition coefficient (Wildman–Crippen LogP) is 1.82. The number of carbonyl (C=O) groups excluding carboxylic acids is 2. The molecule has 1 unspecified atom stereocenters. The average molecular weight is 431 g/mol. The first-order valence-corrected chi connectivity index (χ1v) is 10.9. The summed E-state index contributed by atoms with van der Waals surface area (Å²) in [6, 6.07) is 10.4. The lowest BCUT2D eigenvalue weighted by Crippen LogP contribution is -2.43. The summed E-state index contributed by atoms with van der Waals surface area (Å²) in [5, 5.41) is 5.37. The number of ether oxygens (including phenoxy) is 2. The zero-order chi connectivity index (χ0) is 21.3. The van der Waals surface area contributed by atoms with E-state index in [1.807, 2.05) is 0 Å². The first-order valence-electron chi connectivity index (χ1n) is 9.42. The van der Waals surface area contributed by atoms with Gasteiger partial charge in [-0.2, -0.15) is 4.31 Å². The van der Waals surface area contributed by atoms with Gasteiger partial charge in [-0.15, -0.1) is 0 Å². The number of anilines is 2. The molecule has 2 heterocycles. The van der Waals surface area contributed by atoms with Gasteiger partial charge in [0, 0.05) is 6.54 Å². The van der Waals surface area contributed by atoms with Crippen LogP contribution in [0.2, 0.25) is 0 Å². The molecule has 2 aromatic carbocycles. The van der Waals surface area contributed by atoms with Crippen molar-refractivity contribution in [2.45, 2.75) is 23.8 Å². The number of sulfonamides is 1. The molecule has 158 valence electrons. The maximum absolute atomic E-state index is 13.3. The molecule has 1 fully saturated rings. The normalized spacial score (nSPS) is 18.8. The van der Waals surface area contributed by atoms with Gasteiger partial charge in [-0.25, -0.2) is 8.42 Å². The predicted molar refractivity (Wildman–Crippen MR) is 109 cm³/mol. The smallest absolute Gasteiger partial charge is 0.262 e. The number of hydrogen-bond donors (Lipinski definition) is 2. The lowest BCUT2D eigenvalue weighted by Gasteiger charge is -2.25. The second kappa shape index (κ2) is 7.96. The Morgan fingerprint density at radius 2 is 2.07 bits per heavy atom. The lowest BCUT2D eigenvalue weighted by molar-refractivity contribution is -0.119. The van der Waals surface area contributed by atoms with Crippen LogP contribution >= 0.6 is 0 Å². The van der Waals surface area contributed by atoms with Crippen molar-refractivity contribution in [3.63, 3.8) is 0 Å². The van der Waals surface area contributed by atoms with E-state index in [1.54, 1.807) is 24.3 Å². The highest BCUT2D eigenvalue weighted by atomic mass is 32.2. The number of amides is 2. The minimum Gasteiger partial charge on any atom is -0.495 e. The summed E-state index contributed by atoms with van der Waals surface area (Å²) in [5.41, 5.74) is 0.768. The van der Waals surface area contributed by atoms with Gasteiger partial charge in [-0.3, -0.25) is 9.59 Å². The second-order valence-electron chi connectivity index (χ2n) is 6.96. The third-order valence-electron chi connectivity index (χ3n) is 5.06. The summed E-state index contributed by atoms with van der Waals surface area (Å²) in [4.78, 5) is 24.4. The summed E-state index contributed by atoms with van der Waals surface area (Å²) in [5.74, 6) is 0.117. The van der Waals surface area contributed by atoms with Crippen molar-refractivity contribution in [2.75, 3.05) is 30.9 Å². The molecule has 0 radical (unpaired) electrons. The monoisotopic (exact) mass is 431 g/mol. The topological polar surface area (TPSA) is 114 Å². The number of rotatable bonds is 5. The minimum atomic E-state index is -3.96. The number of para-hydroxylation sites is 2. The van der Waals surface area contributed by atoms with Gasteiger partial charge in [0.15, 0.2) is 6.61 Å². The Labute approximate surface area is 174 Å². The molecule has 10 heteroatoms. The van der Waals surface area contributed by atoms with Crippen LogP contribution in [0.25, 0.3) is 0 Å². The van der Waals surface area contributed by atoms with E-state index >= 15 is 0 Å². The van der Waals surface area contributed by atoms with Gasteiger partial charge in [0.25, 0.3) is 5.91 Å². The minimum absolute atomic E-state index is 0.0101. The van der Waals surface area contributed by atoms with Crippen molar-refractivity contribution >= 4 is 33.2 Å². The van der Waals surface area contributed by atoms with Gasteiger partial charge in [0.05, 0.1) is 23.4 Å². The summed E-state index contributed by atoms with van der Waals surface area (Å²) in [6.07, 6.45) is 0.971. The molecule has 0 aromatic heterocycles. The van der Waals surface area contributed by atoms with Crippen LogP contribution < -0.4 is 20.1 Å². The second-order valence-corrected chi connectivity index (χ2v) is 8.85. The van der Waals surface area contributed by atoms with Crippen LogP contribution in [0.4, 0.5) is 11.4 Å². The Kier molecular flexibility index (Phi) is 5.35. The zero-order valence-corrected chi connectivity index (χ0v) is 17.1. The van der Waals surface area contributed by atoms with Gasteiger partial charge in [-0.05, 0) is 43.2 Å². The molecule has 2 aliphatic rings. The van der Waals surface area contributed by atoms with E-state index in [2.05, 4.69) is 10.6 Å². The molecular weight excluding hydrogens is 410 g/mol. The Morgan fingerprint density at radius 3 is 2.87 bits per heavy atom. The van der Waals surface area contributed by atoms with Crippen molar-refractivity contribution in [1.29, 1.82) is 0 Å². The van der Waals surface area contributed by atoms with Crippen LogP contribution in [-0.2, 0) is 19.6 Å². The van der Waals surface area contributed by atoms with Gasteiger partial charge < -0.3 is 20.1 Å². The van der Waals surface area contributed by atoms with Crippen molar-refractivity contribution in [2.24, 2.45) is 0 Å². The molecule has 4 rings (SSSR count). The van der Waals surface area contributed by atoms with Crippen LogP contribution in [0.5, 0.6) is 11.5 Å². The Bertz CT molecular complexity index is 1100. The maximum atomic E-state index is 13.3. The van der Waals surface area contributed by atoms with Crippen molar-refractivity contribution in [1.82, 2.24) is 4.31 Å². The van der Waals surface area contributed by atoms with E-state index in [1.165, 1.54) is 29.6 Å². The first-order chi connectivity index (χ1) is 14.4. The van der Waals surface area contributed by atoms with Gasteiger partial charge in [0.2, 0.25) is 15.9 Å². The molecule has 1 atom stereocenters. The van der Waals surface area contributed by atoms with Crippen LogP contribution in [0.1, 0.15) is 12.8 Å². The molecule has 2 N–H and O–H groups in total. The van der Waals surface area contributed by atoms with Crippen LogP contribution in [0.15, 0.2) is 47.4 Å². The number of nitrogens with zero attached hydrogens (tertiary/aromatic N) is 1. The summed E-state index contributed by atoms with van der Waals surface area (Å²) in [6.45, 7) is 0.114. The summed E-state index contributed by atoms with van der Waals surface area (Å²) in [7, 11) is -2.46. The van der Waals surface area contributed by atoms with E-state index in [-0.39, 0.29) is 24.0 Å². The number of methoxy groups -OCH3 is 1. The van der Waals surface area contributed by atoms with Crippen molar-refractivity contribution in [3.05, 3.63) is 42.5 Å². The molecule has 30 heavy (non-hydrogen) atoms. The number of carbonyl (C=O) groups is 2. The van der Waals surface area contributed by atoms with Crippen LogP contribution in [0, 0.1) is 0 Å². The quantitative estimate of drug-likeness (QED) is 0.747. The maximum Gasteiger partial charge on any atom is 0.262 e. The molecule has 0 bridgehead atoms. The largest absolute Gasteiger partial charge is 0.495 e. The number of fused-ring (bicyclic) bond motifs is 1. The standard InChI is InChI=1S/C20H21N3O6S/c1-28-17-7-3-2-5-14(17)22-20(25)16-6-4-10-23(16)30(26,27)13-8-9-18-15(11-13)21-19(24)12-29-18/h2-3,5,7-9,11,16H,4,6,10,12H2,1H3,(H,21,24)(H,22,25). The van der Waals surface area contributed by atoms with Gasteiger partial charge in [0.1, 0.15) is 17.5 Å². The lowest BCUT2D eigenvalue weighted by atomic mass is 10.2. The Morgan fingerprint density at radius 1 is 1.27 bits per heavy atom. The number of benzene rings is 2. The summed E-state index contributed by atoms with van der Waals surface area (Å²) >= 11 is 0. The van der Waals surface area contributed by atoms with Gasteiger partial charge >= 0.3 is 0 Å². The fourth-order valence-electron chi connectivity index (χ4n) is 3.61. The SMILES string of the molecule is COc1ccccc1NC(=O)C1CCCN1S(=O)(=O)c1ccc2c(c1)NC(=O)CO2. The average Bonchev–Trinajstić information content (AvgIpc) is 3.24. The van der Waals surface area contributed by atoms with Gasteiger partial charge in [-0.1, -0.05) is 12.1 Å². The summed E-state index contributed by atoms with van der Waals surface area (Å²) < 4.78 is 38.2. The molecule has 1 saturated heterocycles. The molecule has 0 saturated carbocycles. The van der Waals surface area contributed by atoms with Crippen LogP contribution in [-0.4, -0.2) is 50.8 Å². The Balaban J connectivity index is 1.59. The molecular formula is C20H21N3O6S. The van der Waals surface area contributed by atoms with Crippen molar-refractivity contribution in [3.8, 4) is 11.5 Å².